The van der Waals surface area contributed by atoms with Crippen LogP contribution in [0.1, 0.15) is 37.0 Å². The molecular formula is C19H30N2O4. The van der Waals surface area contributed by atoms with Crippen molar-refractivity contribution < 1.29 is 19.0 Å². The van der Waals surface area contributed by atoms with Gasteiger partial charge >= 0.3 is 0 Å². The van der Waals surface area contributed by atoms with E-state index in [9.17, 15) is 4.79 Å². The monoisotopic (exact) mass is 350 g/mol. The first kappa shape index (κ1) is 19.4. The Bertz CT molecular complexity index is 566. The van der Waals surface area contributed by atoms with Gasteiger partial charge in [0.1, 0.15) is 0 Å². The van der Waals surface area contributed by atoms with Gasteiger partial charge in [-0.3, -0.25) is 9.69 Å². The molecular weight excluding hydrogens is 320 g/mol. The van der Waals surface area contributed by atoms with E-state index in [1.165, 1.54) is 12.8 Å². The average Bonchev–Trinajstić information content (AvgIpc) is 2.64. The summed E-state index contributed by atoms with van der Waals surface area (Å²) >= 11 is 0. The van der Waals surface area contributed by atoms with Crippen LogP contribution in [0.15, 0.2) is 12.1 Å². The minimum atomic E-state index is -0.142. The third-order valence-electron chi connectivity index (χ3n) is 4.80. The van der Waals surface area contributed by atoms with E-state index in [0.717, 1.165) is 19.0 Å². The van der Waals surface area contributed by atoms with Gasteiger partial charge in [0.15, 0.2) is 11.5 Å². The number of nitrogens with zero attached hydrogens (tertiary/aromatic N) is 1. The first-order valence-electron chi connectivity index (χ1n) is 8.82. The number of hydrogen-bond acceptors (Lipinski definition) is 5. The number of hydrogen-bond donors (Lipinski definition) is 1. The molecule has 1 heterocycles. The number of piperidine rings is 1. The Kier molecular flexibility index (Phi) is 6.93. The number of benzene rings is 1. The van der Waals surface area contributed by atoms with Crippen molar-refractivity contribution in [2.45, 2.75) is 32.7 Å². The second kappa shape index (κ2) is 8.94. The van der Waals surface area contributed by atoms with Crippen LogP contribution in [0.3, 0.4) is 0 Å². The molecule has 1 saturated heterocycles. The first-order chi connectivity index (χ1) is 12.0. The number of carbonyl (C=O) groups excluding carboxylic acids is 1. The summed E-state index contributed by atoms with van der Waals surface area (Å²) in [6.45, 7) is 7.26. The molecule has 140 valence electrons. The lowest BCUT2D eigenvalue weighted by Gasteiger charge is -2.35. The minimum absolute atomic E-state index is 0.142. The van der Waals surface area contributed by atoms with Crippen molar-refractivity contribution in [2.24, 2.45) is 5.92 Å². The van der Waals surface area contributed by atoms with E-state index in [4.69, 9.17) is 14.2 Å². The molecule has 2 rings (SSSR count). The summed E-state index contributed by atoms with van der Waals surface area (Å²) < 4.78 is 15.9. The van der Waals surface area contributed by atoms with Gasteiger partial charge in [-0.25, -0.2) is 0 Å². The van der Waals surface area contributed by atoms with Gasteiger partial charge in [0, 0.05) is 24.7 Å². The topological polar surface area (TPSA) is 60.0 Å². The van der Waals surface area contributed by atoms with Crippen LogP contribution < -0.4 is 19.5 Å². The highest BCUT2D eigenvalue weighted by Gasteiger charge is 2.22. The lowest BCUT2D eigenvalue weighted by Crippen LogP contribution is -2.46. The lowest BCUT2D eigenvalue weighted by molar-refractivity contribution is 0.0916. The molecule has 0 spiro atoms. The highest BCUT2D eigenvalue weighted by molar-refractivity contribution is 5.95. The Morgan fingerprint density at radius 3 is 2.40 bits per heavy atom. The van der Waals surface area contributed by atoms with Gasteiger partial charge in [0.2, 0.25) is 5.75 Å². The summed E-state index contributed by atoms with van der Waals surface area (Å²) in [5.41, 5.74) is 0.494. The van der Waals surface area contributed by atoms with Crippen LogP contribution in [0.4, 0.5) is 0 Å². The van der Waals surface area contributed by atoms with Crippen LogP contribution in [-0.2, 0) is 0 Å². The SMILES string of the molecule is COc1cc(C(=O)NCC(C)N2CCCC(C)C2)cc(OC)c1OC. The molecule has 6 nitrogen and oxygen atoms in total. The van der Waals surface area contributed by atoms with E-state index >= 15 is 0 Å². The summed E-state index contributed by atoms with van der Waals surface area (Å²) in [7, 11) is 4.62. The Morgan fingerprint density at radius 1 is 1.24 bits per heavy atom. The molecule has 2 atom stereocenters. The molecule has 1 amide bonds. The van der Waals surface area contributed by atoms with E-state index in [2.05, 4.69) is 24.1 Å². The van der Waals surface area contributed by atoms with E-state index in [1.807, 2.05) is 0 Å². The zero-order valence-corrected chi connectivity index (χ0v) is 15.9. The van der Waals surface area contributed by atoms with E-state index < -0.39 is 0 Å². The third-order valence-corrected chi connectivity index (χ3v) is 4.80. The van der Waals surface area contributed by atoms with Gasteiger partial charge < -0.3 is 19.5 Å². The predicted molar refractivity (Wildman–Crippen MR) is 97.9 cm³/mol. The van der Waals surface area contributed by atoms with Gasteiger partial charge in [-0.05, 0) is 44.4 Å². The van der Waals surface area contributed by atoms with Crippen LogP contribution in [-0.4, -0.2) is 57.8 Å². The second-order valence-electron chi connectivity index (χ2n) is 6.72. The normalized spacial score (nSPS) is 19.2. The molecule has 0 saturated carbocycles. The van der Waals surface area contributed by atoms with E-state index in [0.29, 0.717) is 35.4 Å². The van der Waals surface area contributed by atoms with E-state index in [-0.39, 0.29) is 5.91 Å². The average molecular weight is 350 g/mol. The maximum Gasteiger partial charge on any atom is 0.251 e. The Balaban J connectivity index is 2.02. The molecule has 1 aliphatic heterocycles. The first-order valence-corrected chi connectivity index (χ1v) is 8.82. The maximum absolute atomic E-state index is 12.6. The van der Waals surface area contributed by atoms with Crippen molar-refractivity contribution in [1.29, 1.82) is 0 Å². The Hall–Kier alpha value is -1.95. The molecule has 0 aromatic heterocycles. The van der Waals surface area contributed by atoms with Crippen LogP contribution in [0, 0.1) is 5.92 Å². The zero-order chi connectivity index (χ0) is 18.4. The maximum atomic E-state index is 12.6. The fourth-order valence-electron chi connectivity index (χ4n) is 3.31. The van der Waals surface area contributed by atoms with Gasteiger partial charge in [0.05, 0.1) is 21.3 Å². The quantitative estimate of drug-likeness (QED) is 0.819. The van der Waals surface area contributed by atoms with Crippen molar-refractivity contribution in [3.05, 3.63) is 17.7 Å². The number of methoxy groups -OCH3 is 3. The van der Waals surface area contributed by atoms with Crippen LogP contribution in [0.2, 0.25) is 0 Å². The predicted octanol–water partition coefficient (Wildman–Crippen LogP) is 2.56. The van der Waals surface area contributed by atoms with Gasteiger partial charge in [-0.2, -0.15) is 0 Å². The lowest BCUT2D eigenvalue weighted by atomic mass is 9.99. The standard InChI is InChI=1S/C19H30N2O4/c1-13-7-6-8-21(12-13)14(2)11-20-19(22)15-9-16(23-3)18(25-5)17(10-15)24-4/h9-10,13-14H,6-8,11-12H2,1-5H3,(H,20,22). The fraction of sp³-hybridized carbons (Fsp3) is 0.632. The highest BCUT2D eigenvalue weighted by atomic mass is 16.5. The molecule has 6 heteroatoms. The van der Waals surface area contributed by atoms with Crippen LogP contribution in [0.5, 0.6) is 17.2 Å². The number of carbonyl (C=O) groups is 1. The molecule has 25 heavy (non-hydrogen) atoms. The molecule has 1 aromatic rings. The van der Waals surface area contributed by atoms with Gasteiger partial charge in [-0.15, -0.1) is 0 Å². The summed E-state index contributed by atoms with van der Waals surface area (Å²) in [6, 6.07) is 3.66. The van der Waals surface area contributed by atoms with Crippen LogP contribution in [0.25, 0.3) is 0 Å². The minimum Gasteiger partial charge on any atom is -0.493 e. The summed E-state index contributed by atoms with van der Waals surface area (Å²) in [5.74, 6) is 2.02. The number of amides is 1. The van der Waals surface area contributed by atoms with E-state index in [1.54, 1.807) is 33.5 Å². The summed E-state index contributed by atoms with van der Waals surface area (Å²) in [4.78, 5) is 15.0. The fourth-order valence-corrected chi connectivity index (χ4v) is 3.31. The highest BCUT2D eigenvalue weighted by Crippen LogP contribution is 2.38. The van der Waals surface area contributed by atoms with Gasteiger partial charge in [-0.1, -0.05) is 6.92 Å². The van der Waals surface area contributed by atoms with Crippen molar-refractivity contribution in [3.8, 4) is 17.2 Å². The summed E-state index contributed by atoms with van der Waals surface area (Å²) in [5, 5.41) is 3.02. The third kappa shape index (κ3) is 4.78. The van der Waals surface area contributed by atoms with Crippen molar-refractivity contribution >= 4 is 5.91 Å². The molecule has 0 aliphatic carbocycles. The zero-order valence-electron chi connectivity index (χ0n) is 15.9. The smallest absolute Gasteiger partial charge is 0.251 e. The van der Waals surface area contributed by atoms with Crippen LogP contribution >= 0.6 is 0 Å². The molecule has 1 aliphatic rings. The van der Waals surface area contributed by atoms with Crippen molar-refractivity contribution in [3.63, 3.8) is 0 Å². The molecule has 1 N–H and O–H groups in total. The molecule has 0 radical (unpaired) electrons. The second-order valence-corrected chi connectivity index (χ2v) is 6.72. The number of rotatable bonds is 7. The van der Waals surface area contributed by atoms with Crippen molar-refractivity contribution in [1.82, 2.24) is 10.2 Å². The number of ether oxygens (including phenoxy) is 3. The largest absolute Gasteiger partial charge is 0.493 e. The van der Waals surface area contributed by atoms with Gasteiger partial charge in [0.25, 0.3) is 5.91 Å². The van der Waals surface area contributed by atoms with Crippen molar-refractivity contribution in [2.75, 3.05) is 41.0 Å². The molecule has 1 aromatic carbocycles. The number of likely N-dealkylation sites (tertiary alicyclic amines) is 1. The Labute approximate surface area is 150 Å². The molecule has 1 fully saturated rings. The summed E-state index contributed by atoms with van der Waals surface area (Å²) in [6.07, 6.45) is 2.52. The Morgan fingerprint density at radius 2 is 1.88 bits per heavy atom. The molecule has 0 bridgehead atoms. The number of nitrogens with one attached hydrogen (secondary N) is 1. The molecule has 2 unspecified atom stereocenters.